The number of allylic oxidation sites excluding steroid dienone is 1. The summed E-state index contributed by atoms with van der Waals surface area (Å²) in [7, 11) is 0. The zero-order valence-corrected chi connectivity index (χ0v) is 12.5. The molecule has 0 spiro atoms. The number of hydrogen-bond donors (Lipinski definition) is 2. The molecule has 5 nitrogen and oxygen atoms in total. The Morgan fingerprint density at radius 1 is 1.38 bits per heavy atom. The molecule has 0 aromatic heterocycles. The van der Waals surface area contributed by atoms with Crippen LogP contribution in [0, 0.1) is 11.3 Å². The van der Waals surface area contributed by atoms with E-state index in [9.17, 15) is 9.59 Å². The van der Waals surface area contributed by atoms with Crippen molar-refractivity contribution in [3.63, 3.8) is 0 Å². The first-order chi connectivity index (χ1) is 10.2. The number of fused-ring (bicyclic) bond motifs is 1. The van der Waals surface area contributed by atoms with Crippen LogP contribution in [0.4, 0.5) is 0 Å². The van der Waals surface area contributed by atoms with Crippen LogP contribution in [0.1, 0.15) is 44.9 Å². The van der Waals surface area contributed by atoms with Crippen molar-refractivity contribution in [2.75, 3.05) is 19.8 Å². The van der Waals surface area contributed by atoms with Crippen LogP contribution in [0.5, 0.6) is 0 Å². The molecule has 1 atom stereocenters. The molecule has 1 aliphatic carbocycles. The number of piperidine rings is 1. The molecule has 2 heterocycles. The van der Waals surface area contributed by atoms with E-state index >= 15 is 0 Å². The molecule has 1 unspecified atom stereocenters. The predicted molar refractivity (Wildman–Crippen MR) is 78.3 cm³/mol. The number of carbonyl (C=O) groups excluding carboxylic acids is 2. The van der Waals surface area contributed by atoms with Gasteiger partial charge in [-0.3, -0.25) is 9.59 Å². The summed E-state index contributed by atoms with van der Waals surface area (Å²) in [6.07, 6.45) is 8.38. The summed E-state index contributed by atoms with van der Waals surface area (Å²) in [4.78, 5) is 23.9. The number of nitrogens with one attached hydrogen (secondary N) is 2. The van der Waals surface area contributed by atoms with Crippen molar-refractivity contribution in [1.29, 1.82) is 0 Å². The number of amides is 2. The number of ether oxygens (including phenoxy) is 1. The normalized spacial score (nSPS) is 30.1. The van der Waals surface area contributed by atoms with E-state index in [1.54, 1.807) is 0 Å². The molecule has 2 saturated heterocycles. The standard InChI is InChI=1S/C16H24N2O3/c19-14-4-8-16(7-2-1-3-13(16)18-14)11-17-15(20)12-5-9-21-10-6-12/h3,12H,1-2,4-11H2,(H,17,20)(H,18,19). The molecule has 0 bridgehead atoms. The van der Waals surface area contributed by atoms with Crippen LogP contribution < -0.4 is 10.6 Å². The lowest BCUT2D eigenvalue weighted by Gasteiger charge is -2.42. The number of rotatable bonds is 3. The fourth-order valence-corrected chi connectivity index (χ4v) is 3.68. The van der Waals surface area contributed by atoms with Gasteiger partial charge in [0, 0.05) is 43.2 Å². The van der Waals surface area contributed by atoms with Gasteiger partial charge in [0.1, 0.15) is 0 Å². The highest BCUT2D eigenvalue weighted by atomic mass is 16.5. The Hall–Kier alpha value is -1.36. The number of hydrogen-bond acceptors (Lipinski definition) is 3. The van der Waals surface area contributed by atoms with E-state index in [0.717, 1.165) is 44.2 Å². The van der Waals surface area contributed by atoms with Crippen LogP contribution in [-0.4, -0.2) is 31.6 Å². The molecule has 3 aliphatic rings. The van der Waals surface area contributed by atoms with Gasteiger partial charge in [-0.1, -0.05) is 6.08 Å². The van der Waals surface area contributed by atoms with Gasteiger partial charge < -0.3 is 15.4 Å². The van der Waals surface area contributed by atoms with E-state index in [0.29, 0.717) is 26.2 Å². The molecule has 3 rings (SSSR count). The third kappa shape index (κ3) is 3.12. The maximum Gasteiger partial charge on any atom is 0.224 e. The average Bonchev–Trinajstić information content (AvgIpc) is 2.54. The first-order valence-electron chi connectivity index (χ1n) is 8.06. The van der Waals surface area contributed by atoms with Crippen LogP contribution in [-0.2, 0) is 14.3 Å². The van der Waals surface area contributed by atoms with Crippen molar-refractivity contribution < 1.29 is 14.3 Å². The molecular formula is C16H24N2O3. The van der Waals surface area contributed by atoms with Gasteiger partial charge in [-0.05, 0) is 38.5 Å². The zero-order valence-electron chi connectivity index (χ0n) is 12.5. The quantitative estimate of drug-likeness (QED) is 0.828. The molecule has 5 heteroatoms. The molecule has 0 aromatic carbocycles. The van der Waals surface area contributed by atoms with E-state index in [-0.39, 0.29) is 23.1 Å². The van der Waals surface area contributed by atoms with Crippen molar-refractivity contribution in [3.8, 4) is 0 Å². The smallest absolute Gasteiger partial charge is 0.224 e. The van der Waals surface area contributed by atoms with Gasteiger partial charge in [0.15, 0.2) is 0 Å². The highest BCUT2D eigenvalue weighted by Crippen LogP contribution is 2.42. The van der Waals surface area contributed by atoms with Gasteiger partial charge in [-0.15, -0.1) is 0 Å². The molecule has 2 aliphatic heterocycles. The zero-order chi connectivity index (χ0) is 14.7. The largest absolute Gasteiger partial charge is 0.381 e. The average molecular weight is 292 g/mol. The molecule has 116 valence electrons. The highest BCUT2D eigenvalue weighted by molar-refractivity contribution is 5.80. The maximum atomic E-state index is 12.3. The Morgan fingerprint density at radius 2 is 2.19 bits per heavy atom. The lowest BCUT2D eigenvalue weighted by molar-refractivity contribution is -0.128. The Kier molecular flexibility index (Phi) is 4.29. The fourth-order valence-electron chi connectivity index (χ4n) is 3.68. The summed E-state index contributed by atoms with van der Waals surface area (Å²) < 4.78 is 5.30. The van der Waals surface area contributed by atoms with Gasteiger partial charge >= 0.3 is 0 Å². The van der Waals surface area contributed by atoms with E-state index in [1.807, 2.05) is 0 Å². The van der Waals surface area contributed by atoms with Gasteiger partial charge in [0.25, 0.3) is 0 Å². The summed E-state index contributed by atoms with van der Waals surface area (Å²) in [5.74, 6) is 0.341. The first-order valence-corrected chi connectivity index (χ1v) is 8.06. The second-order valence-corrected chi connectivity index (χ2v) is 6.44. The van der Waals surface area contributed by atoms with E-state index in [1.165, 1.54) is 0 Å². The lowest BCUT2D eigenvalue weighted by Crippen LogP contribution is -2.49. The van der Waals surface area contributed by atoms with Crippen LogP contribution in [0.2, 0.25) is 0 Å². The third-order valence-corrected chi connectivity index (χ3v) is 5.08. The van der Waals surface area contributed by atoms with Crippen LogP contribution in [0.3, 0.4) is 0 Å². The molecule has 21 heavy (non-hydrogen) atoms. The van der Waals surface area contributed by atoms with Gasteiger partial charge in [-0.2, -0.15) is 0 Å². The van der Waals surface area contributed by atoms with Crippen molar-refractivity contribution in [1.82, 2.24) is 10.6 Å². The topological polar surface area (TPSA) is 67.4 Å². The second-order valence-electron chi connectivity index (χ2n) is 6.44. The Bertz CT molecular complexity index is 454. The Labute approximate surface area is 125 Å². The maximum absolute atomic E-state index is 12.3. The van der Waals surface area contributed by atoms with Crippen LogP contribution in [0.25, 0.3) is 0 Å². The minimum Gasteiger partial charge on any atom is -0.381 e. The van der Waals surface area contributed by atoms with Gasteiger partial charge in [0.2, 0.25) is 11.8 Å². The van der Waals surface area contributed by atoms with E-state index < -0.39 is 0 Å². The molecule has 2 amide bonds. The van der Waals surface area contributed by atoms with Crippen LogP contribution in [0.15, 0.2) is 11.8 Å². The Morgan fingerprint density at radius 3 is 3.00 bits per heavy atom. The SMILES string of the molecule is O=C1CCC2(CNC(=O)C3CCOCC3)CCCC=C2N1. The van der Waals surface area contributed by atoms with Crippen molar-refractivity contribution in [2.24, 2.45) is 11.3 Å². The van der Waals surface area contributed by atoms with Gasteiger partial charge in [0.05, 0.1) is 0 Å². The third-order valence-electron chi connectivity index (χ3n) is 5.08. The summed E-state index contributed by atoms with van der Waals surface area (Å²) in [5, 5.41) is 6.15. The second kappa shape index (κ2) is 6.18. The van der Waals surface area contributed by atoms with E-state index in [2.05, 4.69) is 16.7 Å². The minimum atomic E-state index is -0.0486. The molecule has 2 N–H and O–H groups in total. The Balaban J connectivity index is 1.62. The molecule has 0 radical (unpaired) electrons. The summed E-state index contributed by atoms with van der Waals surface area (Å²) in [5.41, 5.74) is 0.991. The monoisotopic (exact) mass is 292 g/mol. The molecular weight excluding hydrogens is 268 g/mol. The first kappa shape index (κ1) is 14.6. The van der Waals surface area contributed by atoms with Crippen molar-refractivity contribution in [2.45, 2.75) is 44.9 Å². The summed E-state index contributed by atoms with van der Waals surface area (Å²) >= 11 is 0. The minimum absolute atomic E-state index is 0.0486. The highest BCUT2D eigenvalue weighted by Gasteiger charge is 2.40. The lowest BCUT2D eigenvalue weighted by atomic mass is 9.70. The number of carbonyl (C=O) groups is 2. The summed E-state index contributed by atoms with van der Waals surface area (Å²) in [6, 6.07) is 0. The predicted octanol–water partition coefficient (Wildman–Crippen LogP) is 1.49. The van der Waals surface area contributed by atoms with Gasteiger partial charge in [-0.25, -0.2) is 0 Å². The molecule has 0 aromatic rings. The molecule has 2 fully saturated rings. The fraction of sp³-hybridized carbons (Fsp3) is 0.750. The van der Waals surface area contributed by atoms with Crippen molar-refractivity contribution in [3.05, 3.63) is 11.8 Å². The van der Waals surface area contributed by atoms with E-state index in [4.69, 9.17) is 4.74 Å². The van der Waals surface area contributed by atoms with Crippen molar-refractivity contribution >= 4 is 11.8 Å². The van der Waals surface area contributed by atoms with Crippen LogP contribution >= 0.6 is 0 Å². The molecule has 0 saturated carbocycles. The summed E-state index contributed by atoms with van der Waals surface area (Å²) in [6.45, 7) is 2.02.